The minimum atomic E-state index is 0.0115. The lowest BCUT2D eigenvalue weighted by Crippen LogP contribution is -2.48. The zero-order valence-corrected chi connectivity index (χ0v) is 9.61. The second-order valence-electron chi connectivity index (χ2n) is 4.27. The van der Waals surface area contributed by atoms with Crippen molar-refractivity contribution in [3.63, 3.8) is 0 Å². The van der Waals surface area contributed by atoms with E-state index in [9.17, 15) is 4.79 Å². The Morgan fingerprint density at radius 1 is 1.25 bits per heavy atom. The van der Waals surface area contributed by atoms with Crippen molar-refractivity contribution in [2.75, 3.05) is 39.5 Å². The molecular weight excluding hydrogens is 208 g/mol. The highest BCUT2D eigenvalue weighted by Crippen LogP contribution is 2.11. The third-order valence-corrected chi connectivity index (χ3v) is 3.05. The van der Waals surface area contributed by atoms with Gasteiger partial charge in [-0.15, -0.1) is 0 Å². The first kappa shape index (κ1) is 11.7. The van der Waals surface area contributed by atoms with E-state index in [2.05, 4.69) is 5.32 Å². The molecule has 0 aromatic rings. The topological polar surface area (TPSA) is 50.8 Å². The van der Waals surface area contributed by atoms with Crippen LogP contribution in [-0.2, 0) is 9.47 Å². The number of morpholine rings is 1. The molecule has 16 heavy (non-hydrogen) atoms. The molecule has 0 aromatic heterocycles. The first-order valence-corrected chi connectivity index (χ1v) is 6.08. The molecule has 5 heteroatoms. The number of rotatable bonds is 2. The van der Waals surface area contributed by atoms with E-state index >= 15 is 0 Å². The van der Waals surface area contributed by atoms with Gasteiger partial charge in [-0.1, -0.05) is 0 Å². The molecule has 2 aliphatic rings. The van der Waals surface area contributed by atoms with Crippen LogP contribution in [0.3, 0.4) is 0 Å². The number of nitrogens with one attached hydrogen (secondary N) is 1. The third-order valence-electron chi connectivity index (χ3n) is 3.05. The van der Waals surface area contributed by atoms with Crippen LogP contribution in [0.4, 0.5) is 4.79 Å². The highest BCUT2D eigenvalue weighted by atomic mass is 16.5. The van der Waals surface area contributed by atoms with Crippen molar-refractivity contribution in [2.24, 2.45) is 0 Å². The van der Waals surface area contributed by atoms with Crippen LogP contribution in [-0.4, -0.2) is 56.5 Å². The minimum absolute atomic E-state index is 0.0115. The zero-order valence-electron chi connectivity index (χ0n) is 9.61. The zero-order chi connectivity index (χ0) is 11.2. The van der Waals surface area contributed by atoms with Crippen LogP contribution in [0.5, 0.6) is 0 Å². The molecule has 1 unspecified atom stereocenters. The van der Waals surface area contributed by atoms with Crippen molar-refractivity contribution >= 4 is 6.03 Å². The monoisotopic (exact) mass is 228 g/mol. The first-order chi connectivity index (χ1) is 7.86. The van der Waals surface area contributed by atoms with Crippen molar-refractivity contribution in [3.8, 4) is 0 Å². The summed E-state index contributed by atoms with van der Waals surface area (Å²) in [6, 6.07) is 0.0115. The summed E-state index contributed by atoms with van der Waals surface area (Å²) < 4.78 is 10.8. The average Bonchev–Trinajstić information content (AvgIpc) is 2.38. The molecule has 0 saturated carbocycles. The molecule has 0 bridgehead atoms. The number of ether oxygens (including phenoxy) is 2. The van der Waals surface area contributed by atoms with E-state index < -0.39 is 0 Å². The maximum atomic E-state index is 11.7. The number of carbonyl (C=O) groups excluding carboxylic acids is 1. The molecule has 2 fully saturated rings. The summed E-state index contributed by atoms with van der Waals surface area (Å²) in [6.45, 7) is 4.14. The largest absolute Gasteiger partial charge is 0.378 e. The molecule has 0 aromatic carbocycles. The Kier molecular flexibility index (Phi) is 4.42. The molecule has 92 valence electrons. The Labute approximate surface area is 96.1 Å². The summed E-state index contributed by atoms with van der Waals surface area (Å²) in [5.74, 6) is 0. The van der Waals surface area contributed by atoms with E-state index in [0.717, 1.165) is 19.4 Å². The van der Waals surface area contributed by atoms with Crippen LogP contribution < -0.4 is 5.32 Å². The predicted octanol–water partition coefficient (Wildman–Crippen LogP) is 0.597. The highest BCUT2D eigenvalue weighted by Gasteiger charge is 2.19. The molecule has 2 saturated heterocycles. The third kappa shape index (κ3) is 3.35. The van der Waals surface area contributed by atoms with Crippen molar-refractivity contribution in [1.29, 1.82) is 0 Å². The molecule has 2 amide bonds. The quantitative estimate of drug-likeness (QED) is 0.753. The maximum absolute atomic E-state index is 11.7. The number of amides is 2. The van der Waals surface area contributed by atoms with Gasteiger partial charge in [-0.3, -0.25) is 0 Å². The number of carbonyl (C=O) groups is 1. The van der Waals surface area contributed by atoms with Gasteiger partial charge in [-0.2, -0.15) is 0 Å². The van der Waals surface area contributed by atoms with Crippen molar-refractivity contribution in [3.05, 3.63) is 0 Å². The van der Waals surface area contributed by atoms with Gasteiger partial charge in [0.1, 0.15) is 0 Å². The lowest BCUT2D eigenvalue weighted by Gasteiger charge is -2.28. The predicted molar refractivity (Wildman–Crippen MR) is 59.4 cm³/mol. The fraction of sp³-hybridized carbons (Fsp3) is 0.909. The van der Waals surface area contributed by atoms with Crippen molar-refractivity contribution in [1.82, 2.24) is 10.2 Å². The van der Waals surface area contributed by atoms with Gasteiger partial charge < -0.3 is 19.7 Å². The summed E-state index contributed by atoms with van der Waals surface area (Å²) in [5, 5.41) is 2.93. The van der Waals surface area contributed by atoms with Gasteiger partial charge in [0.05, 0.1) is 19.3 Å². The van der Waals surface area contributed by atoms with Crippen LogP contribution in [0.1, 0.15) is 19.3 Å². The van der Waals surface area contributed by atoms with E-state index in [0.29, 0.717) is 32.8 Å². The van der Waals surface area contributed by atoms with Gasteiger partial charge in [-0.05, 0) is 19.3 Å². The molecule has 5 nitrogen and oxygen atoms in total. The van der Waals surface area contributed by atoms with Crippen LogP contribution in [0.25, 0.3) is 0 Å². The maximum Gasteiger partial charge on any atom is 0.317 e. The average molecular weight is 228 g/mol. The molecule has 0 aliphatic carbocycles. The lowest BCUT2D eigenvalue weighted by atomic mass is 10.1. The fourth-order valence-electron chi connectivity index (χ4n) is 2.05. The van der Waals surface area contributed by atoms with Gasteiger partial charge in [0.25, 0.3) is 0 Å². The van der Waals surface area contributed by atoms with Crippen molar-refractivity contribution in [2.45, 2.75) is 25.4 Å². The molecule has 2 rings (SSSR count). The number of hydrogen-bond acceptors (Lipinski definition) is 3. The van der Waals surface area contributed by atoms with Crippen LogP contribution in [0.15, 0.2) is 0 Å². The standard InChI is InChI=1S/C11H20N2O3/c14-11(13-4-7-15-8-5-13)12-9-10-3-1-2-6-16-10/h10H,1-9H2,(H,12,14). The number of hydrogen-bond donors (Lipinski definition) is 1. The van der Waals surface area contributed by atoms with E-state index in [1.165, 1.54) is 6.42 Å². The van der Waals surface area contributed by atoms with Gasteiger partial charge >= 0.3 is 6.03 Å². The van der Waals surface area contributed by atoms with Gasteiger partial charge in [0.2, 0.25) is 0 Å². The smallest absolute Gasteiger partial charge is 0.317 e. The molecule has 0 radical (unpaired) electrons. The molecule has 2 heterocycles. The highest BCUT2D eigenvalue weighted by molar-refractivity contribution is 5.74. The van der Waals surface area contributed by atoms with E-state index in [-0.39, 0.29) is 12.1 Å². The number of nitrogens with zero attached hydrogens (tertiary/aromatic N) is 1. The summed E-state index contributed by atoms with van der Waals surface area (Å²) >= 11 is 0. The van der Waals surface area contributed by atoms with Crippen LogP contribution in [0.2, 0.25) is 0 Å². The minimum Gasteiger partial charge on any atom is -0.378 e. The first-order valence-electron chi connectivity index (χ1n) is 6.08. The fourth-order valence-corrected chi connectivity index (χ4v) is 2.05. The normalized spacial score (nSPS) is 26.5. The van der Waals surface area contributed by atoms with Crippen LogP contribution in [0, 0.1) is 0 Å². The van der Waals surface area contributed by atoms with Crippen LogP contribution >= 0.6 is 0 Å². The summed E-state index contributed by atoms with van der Waals surface area (Å²) in [4.78, 5) is 13.5. The summed E-state index contributed by atoms with van der Waals surface area (Å²) in [6.07, 6.45) is 3.62. The second kappa shape index (κ2) is 6.06. The SMILES string of the molecule is O=C(NCC1CCCCO1)N1CCOCC1. The van der Waals surface area contributed by atoms with Crippen molar-refractivity contribution < 1.29 is 14.3 Å². The number of urea groups is 1. The molecule has 2 aliphatic heterocycles. The summed E-state index contributed by atoms with van der Waals surface area (Å²) in [5.41, 5.74) is 0. The Morgan fingerprint density at radius 3 is 2.75 bits per heavy atom. The van der Waals surface area contributed by atoms with E-state index in [1.54, 1.807) is 4.90 Å². The Hall–Kier alpha value is -0.810. The second-order valence-corrected chi connectivity index (χ2v) is 4.27. The Balaban J connectivity index is 1.65. The molecule has 1 N–H and O–H groups in total. The molecular formula is C11H20N2O3. The van der Waals surface area contributed by atoms with Gasteiger partial charge in [0.15, 0.2) is 0 Å². The Morgan fingerprint density at radius 2 is 2.06 bits per heavy atom. The Bertz CT molecular complexity index is 223. The van der Waals surface area contributed by atoms with E-state index in [1.807, 2.05) is 0 Å². The summed E-state index contributed by atoms with van der Waals surface area (Å²) in [7, 11) is 0. The van der Waals surface area contributed by atoms with Gasteiger partial charge in [-0.25, -0.2) is 4.79 Å². The molecule has 0 spiro atoms. The lowest BCUT2D eigenvalue weighted by molar-refractivity contribution is 0.0158. The molecule has 1 atom stereocenters. The van der Waals surface area contributed by atoms with Gasteiger partial charge in [0, 0.05) is 26.2 Å². The van der Waals surface area contributed by atoms with E-state index in [4.69, 9.17) is 9.47 Å².